The second-order valence-corrected chi connectivity index (χ2v) is 4.52. The molecule has 0 saturated carbocycles. The third-order valence-corrected chi connectivity index (χ3v) is 2.82. The molecule has 1 atom stereocenters. The fourth-order valence-corrected chi connectivity index (χ4v) is 1.68. The molecule has 0 fully saturated rings. The summed E-state index contributed by atoms with van der Waals surface area (Å²) in [7, 11) is 0. The number of carbonyl (C=O) groups excluding carboxylic acids is 1. The molecule has 1 aromatic heterocycles. The number of hydrogen-bond donors (Lipinski definition) is 2. The number of carbonyl (C=O) groups is 1. The molecule has 16 heavy (non-hydrogen) atoms. The Labute approximate surface area is 112 Å². The monoisotopic (exact) mass is 285 g/mol. The van der Waals surface area contributed by atoms with Gasteiger partial charge in [0.1, 0.15) is 0 Å². The van der Waals surface area contributed by atoms with Gasteiger partial charge >= 0.3 is 0 Å². The van der Waals surface area contributed by atoms with E-state index in [1.54, 1.807) is 17.5 Å². The van der Waals surface area contributed by atoms with Crippen LogP contribution in [0.15, 0.2) is 6.20 Å². The van der Waals surface area contributed by atoms with Gasteiger partial charge in [0, 0.05) is 23.5 Å². The number of hydrogen-bond acceptors (Lipinski definition) is 4. The van der Waals surface area contributed by atoms with E-state index in [1.807, 2.05) is 13.8 Å². The van der Waals surface area contributed by atoms with Crippen molar-refractivity contribution >= 4 is 42.1 Å². The smallest absolute Gasteiger partial charge is 0.224 e. The molecule has 1 aromatic rings. The molecule has 94 valence electrons. The zero-order valence-corrected chi connectivity index (χ0v) is 11.7. The quantitative estimate of drug-likeness (QED) is 0.881. The Hall–Kier alpha value is -0.360. The highest BCUT2D eigenvalue weighted by atomic mass is 35.5. The van der Waals surface area contributed by atoms with Gasteiger partial charge in [0.25, 0.3) is 0 Å². The average Bonchev–Trinajstić information content (AvgIpc) is 2.59. The normalized spacial score (nSPS) is 10.9. The molecule has 0 aliphatic rings. The van der Waals surface area contributed by atoms with Crippen LogP contribution in [0.5, 0.6) is 0 Å². The van der Waals surface area contributed by atoms with Crippen molar-refractivity contribution in [1.82, 2.24) is 10.3 Å². The third kappa shape index (κ3) is 5.65. The number of thiazole rings is 1. The lowest BCUT2D eigenvalue weighted by atomic mass is 10.2. The van der Waals surface area contributed by atoms with Crippen LogP contribution in [-0.4, -0.2) is 17.4 Å². The summed E-state index contributed by atoms with van der Waals surface area (Å²) in [4.78, 5) is 16.5. The molecule has 1 unspecified atom stereocenters. The van der Waals surface area contributed by atoms with Crippen LogP contribution in [-0.2, 0) is 11.3 Å². The molecule has 4 nitrogen and oxygen atoms in total. The number of aryl methyl sites for hydroxylation is 1. The van der Waals surface area contributed by atoms with Crippen LogP contribution in [0.25, 0.3) is 0 Å². The zero-order valence-electron chi connectivity index (χ0n) is 9.23. The van der Waals surface area contributed by atoms with Gasteiger partial charge in [0.05, 0.1) is 11.6 Å². The Morgan fingerprint density at radius 1 is 1.62 bits per heavy atom. The van der Waals surface area contributed by atoms with Crippen molar-refractivity contribution in [3.05, 3.63) is 16.1 Å². The molecule has 1 rings (SSSR count). The first-order valence-corrected chi connectivity index (χ1v) is 5.34. The lowest BCUT2D eigenvalue weighted by Crippen LogP contribution is -2.32. The maximum Gasteiger partial charge on any atom is 0.224 e. The van der Waals surface area contributed by atoms with Crippen molar-refractivity contribution in [2.45, 2.75) is 20.4 Å². The van der Waals surface area contributed by atoms with Crippen LogP contribution >= 0.6 is 36.2 Å². The molecule has 0 aliphatic carbocycles. The number of amides is 1. The van der Waals surface area contributed by atoms with Gasteiger partial charge in [-0.25, -0.2) is 4.98 Å². The Morgan fingerprint density at radius 2 is 2.25 bits per heavy atom. The van der Waals surface area contributed by atoms with Gasteiger partial charge in [-0.2, -0.15) is 0 Å². The van der Waals surface area contributed by atoms with Gasteiger partial charge in [-0.3, -0.25) is 4.79 Å². The average molecular weight is 286 g/mol. The van der Waals surface area contributed by atoms with E-state index in [9.17, 15) is 4.79 Å². The first-order valence-electron chi connectivity index (χ1n) is 4.52. The minimum atomic E-state index is -0.121. The number of nitrogens with zero attached hydrogens (tertiary/aromatic N) is 1. The fraction of sp³-hybridized carbons (Fsp3) is 0.556. The minimum Gasteiger partial charge on any atom is -0.351 e. The molecule has 3 N–H and O–H groups in total. The molecule has 0 bridgehead atoms. The molecule has 1 amide bonds. The SMILES string of the molecule is Cc1ncc(CNC(=O)C(C)CN)s1.Cl.Cl. The number of nitrogens with one attached hydrogen (secondary N) is 1. The van der Waals surface area contributed by atoms with Crippen LogP contribution in [0.3, 0.4) is 0 Å². The molecule has 0 saturated heterocycles. The van der Waals surface area contributed by atoms with Gasteiger partial charge in [0.2, 0.25) is 5.91 Å². The molecule has 0 aliphatic heterocycles. The van der Waals surface area contributed by atoms with Crippen molar-refractivity contribution in [2.75, 3.05) is 6.54 Å². The van der Waals surface area contributed by atoms with E-state index in [2.05, 4.69) is 10.3 Å². The van der Waals surface area contributed by atoms with Gasteiger partial charge in [-0.1, -0.05) is 6.92 Å². The summed E-state index contributed by atoms with van der Waals surface area (Å²) in [5.74, 6) is -0.123. The maximum absolute atomic E-state index is 11.3. The molecule has 0 spiro atoms. The third-order valence-electron chi connectivity index (χ3n) is 1.91. The van der Waals surface area contributed by atoms with E-state index in [0.29, 0.717) is 13.1 Å². The van der Waals surface area contributed by atoms with Crippen molar-refractivity contribution in [3.8, 4) is 0 Å². The summed E-state index contributed by atoms with van der Waals surface area (Å²) < 4.78 is 0. The van der Waals surface area contributed by atoms with Crippen LogP contribution in [0, 0.1) is 12.8 Å². The molecular weight excluding hydrogens is 269 g/mol. The summed E-state index contributed by atoms with van der Waals surface area (Å²) in [5, 5.41) is 3.83. The van der Waals surface area contributed by atoms with Crippen LogP contribution in [0.1, 0.15) is 16.8 Å². The minimum absolute atomic E-state index is 0. The van der Waals surface area contributed by atoms with Gasteiger partial charge in [0.15, 0.2) is 0 Å². The summed E-state index contributed by atoms with van der Waals surface area (Å²) >= 11 is 1.59. The van der Waals surface area contributed by atoms with Crippen molar-refractivity contribution in [1.29, 1.82) is 0 Å². The van der Waals surface area contributed by atoms with Crippen molar-refractivity contribution in [3.63, 3.8) is 0 Å². The number of aromatic nitrogens is 1. The van der Waals surface area contributed by atoms with Crippen molar-refractivity contribution < 1.29 is 4.79 Å². The van der Waals surface area contributed by atoms with E-state index >= 15 is 0 Å². The number of halogens is 2. The second-order valence-electron chi connectivity index (χ2n) is 3.20. The van der Waals surface area contributed by atoms with E-state index < -0.39 is 0 Å². The maximum atomic E-state index is 11.3. The summed E-state index contributed by atoms with van der Waals surface area (Å²) in [5.41, 5.74) is 5.38. The lowest BCUT2D eigenvalue weighted by Gasteiger charge is -2.08. The van der Waals surface area contributed by atoms with Crippen LogP contribution in [0.2, 0.25) is 0 Å². The second kappa shape index (κ2) is 8.75. The highest BCUT2D eigenvalue weighted by molar-refractivity contribution is 7.11. The zero-order chi connectivity index (χ0) is 10.6. The Balaban J connectivity index is 0. The topological polar surface area (TPSA) is 68.0 Å². The molecular formula is C9H17Cl2N3OS. The predicted octanol–water partition coefficient (Wildman–Crippen LogP) is 1.51. The highest BCUT2D eigenvalue weighted by Gasteiger charge is 2.10. The molecule has 0 aromatic carbocycles. The largest absolute Gasteiger partial charge is 0.351 e. The number of rotatable bonds is 4. The highest BCUT2D eigenvalue weighted by Crippen LogP contribution is 2.10. The molecule has 0 radical (unpaired) electrons. The summed E-state index contributed by atoms with van der Waals surface area (Å²) in [6.07, 6.45) is 1.79. The molecule has 7 heteroatoms. The summed E-state index contributed by atoms with van der Waals surface area (Å²) in [6.45, 7) is 4.69. The van der Waals surface area contributed by atoms with Gasteiger partial charge in [-0.15, -0.1) is 36.2 Å². The predicted molar refractivity (Wildman–Crippen MR) is 71.4 cm³/mol. The Morgan fingerprint density at radius 3 is 2.69 bits per heavy atom. The standard InChI is InChI=1S/C9H15N3OS.2ClH/c1-6(3-10)9(13)12-5-8-4-11-7(2)14-8;;/h4,6H,3,5,10H2,1-2H3,(H,12,13);2*1H. The first kappa shape index (κ1) is 18.0. The summed E-state index contributed by atoms with van der Waals surface area (Å²) in [6, 6.07) is 0. The number of nitrogens with two attached hydrogens (primary N) is 1. The lowest BCUT2D eigenvalue weighted by molar-refractivity contribution is -0.124. The van der Waals surface area contributed by atoms with E-state index in [0.717, 1.165) is 9.88 Å². The first-order chi connectivity index (χ1) is 6.63. The van der Waals surface area contributed by atoms with Gasteiger partial charge in [-0.05, 0) is 6.92 Å². The Bertz CT molecular complexity index is 319. The van der Waals surface area contributed by atoms with Gasteiger partial charge < -0.3 is 11.1 Å². The fourth-order valence-electron chi connectivity index (χ4n) is 0.943. The van der Waals surface area contributed by atoms with Crippen LogP contribution < -0.4 is 11.1 Å². The van der Waals surface area contributed by atoms with Crippen LogP contribution in [0.4, 0.5) is 0 Å². The van der Waals surface area contributed by atoms with Crippen molar-refractivity contribution in [2.24, 2.45) is 11.7 Å². The molecule has 1 heterocycles. The van der Waals surface area contributed by atoms with E-state index in [1.165, 1.54) is 0 Å². The van der Waals surface area contributed by atoms with E-state index in [-0.39, 0.29) is 36.6 Å². The van der Waals surface area contributed by atoms with E-state index in [4.69, 9.17) is 5.73 Å². The Kier molecular flexibility index (Phi) is 9.86.